The fourth-order valence-corrected chi connectivity index (χ4v) is 3.23. The summed E-state index contributed by atoms with van der Waals surface area (Å²) in [6.45, 7) is 0. The van der Waals surface area contributed by atoms with Gasteiger partial charge in [0.2, 0.25) is 11.1 Å². The third kappa shape index (κ3) is 2.95. The SMILES string of the molecule is CSc1nc2n(n1)[C@H](c1ccccc1)C=C(c1ccc([N+](=O)[O-])cc1)N2. The molecule has 0 saturated carbocycles. The molecule has 0 radical (unpaired) electrons. The number of nitrogens with zero attached hydrogens (tertiary/aromatic N) is 4. The average Bonchev–Trinajstić information content (AvgIpc) is 3.11. The molecule has 0 fully saturated rings. The van der Waals surface area contributed by atoms with Crippen molar-refractivity contribution in [3.05, 3.63) is 81.9 Å². The molecule has 2 aromatic carbocycles. The van der Waals surface area contributed by atoms with Gasteiger partial charge in [0.25, 0.3) is 5.69 Å². The molecule has 0 saturated heterocycles. The molecule has 0 amide bonds. The molecule has 1 aliphatic heterocycles. The molecule has 0 bridgehead atoms. The molecule has 1 atom stereocenters. The molecular weight excluding hydrogens is 350 g/mol. The summed E-state index contributed by atoms with van der Waals surface area (Å²) in [5.41, 5.74) is 2.86. The van der Waals surface area contributed by atoms with Crippen LogP contribution in [0.2, 0.25) is 0 Å². The summed E-state index contributed by atoms with van der Waals surface area (Å²) in [5, 5.41) is 19.4. The molecule has 2 heterocycles. The van der Waals surface area contributed by atoms with E-state index in [2.05, 4.69) is 21.5 Å². The number of nitro groups is 1. The van der Waals surface area contributed by atoms with Crippen LogP contribution < -0.4 is 5.32 Å². The van der Waals surface area contributed by atoms with Crippen molar-refractivity contribution in [1.29, 1.82) is 0 Å². The van der Waals surface area contributed by atoms with Gasteiger partial charge < -0.3 is 5.32 Å². The van der Waals surface area contributed by atoms with Gasteiger partial charge in [-0.2, -0.15) is 4.98 Å². The van der Waals surface area contributed by atoms with Gasteiger partial charge in [0, 0.05) is 17.8 Å². The molecule has 0 aliphatic carbocycles. The van der Waals surface area contributed by atoms with E-state index >= 15 is 0 Å². The number of hydrogen-bond donors (Lipinski definition) is 1. The Kier molecular flexibility index (Phi) is 4.18. The zero-order valence-corrected chi connectivity index (χ0v) is 14.7. The van der Waals surface area contributed by atoms with Crippen molar-refractivity contribution in [2.45, 2.75) is 11.2 Å². The summed E-state index contributed by atoms with van der Waals surface area (Å²) >= 11 is 1.48. The fourth-order valence-electron chi connectivity index (χ4n) is 2.88. The molecule has 1 aliphatic rings. The number of rotatable bonds is 4. The number of allylic oxidation sites excluding steroid dienone is 1. The molecule has 0 unspecified atom stereocenters. The smallest absolute Gasteiger partial charge is 0.269 e. The van der Waals surface area contributed by atoms with Gasteiger partial charge in [-0.05, 0) is 35.6 Å². The van der Waals surface area contributed by atoms with Crippen molar-refractivity contribution in [2.75, 3.05) is 11.6 Å². The Hall–Kier alpha value is -3.13. The number of anilines is 1. The zero-order chi connectivity index (χ0) is 18.1. The largest absolute Gasteiger partial charge is 0.324 e. The van der Waals surface area contributed by atoms with E-state index in [1.54, 1.807) is 12.1 Å². The lowest BCUT2D eigenvalue weighted by Gasteiger charge is -2.24. The summed E-state index contributed by atoms with van der Waals surface area (Å²) in [7, 11) is 0. The average molecular weight is 365 g/mol. The van der Waals surface area contributed by atoms with Crippen LogP contribution in [0.1, 0.15) is 17.2 Å². The van der Waals surface area contributed by atoms with Gasteiger partial charge in [-0.3, -0.25) is 10.1 Å². The fraction of sp³-hybridized carbons (Fsp3) is 0.111. The summed E-state index contributed by atoms with van der Waals surface area (Å²) in [6.07, 6.45) is 3.99. The molecule has 3 aromatic rings. The maximum atomic E-state index is 10.9. The van der Waals surface area contributed by atoms with Gasteiger partial charge in [-0.25, -0.2) is 4.68 Å². The summed E-state index contributed by atoms with van der Waals surface area (Å²) < 4.78 is 1.86. The standard InChI is InChI=1S/C18H15N5O2S/c1-26-18-20-17-19-15(12-7-9-14(10-8-12)23(24)25)11-16(22(17)21-18)13-5-3-2-4-6-13/h2-11,16H,1H3,(H,19,20,21)/t16-/m0/s1. The molecule has 4 rings (SSSR count). The van der Waals surface area contributed by atoms with E-state index in [0.717, 1.165) is 16.8 Å². The zero-order valence-electron chi connectivity index (χ0n) is 13.9. The number of hydrogen-bond acceptors (Lipinski definition) is 6. The monoisotopic (exact) mass is 365 g/mol. The van der Waals surface area contributed by atoms with Crippen LogP contribution in [0.3, 0.4) is 0 Å². The van der Waals surface area contributed by atoms with Gasteiger partial charge in [0.15, 0.2) is 0 Å². The summed E-state index contributed by atoms with van der Waals surface area (Å²) in [4.78, 5) is 15.0. The minimum absolute atomic E-state index is 0.0672. The minimum atomic E-state index is -0.402. The molecule has 8 heteroatoms. The Morgan fingerprint density at radius 2 is 1.88 bits per heavy atom. The number of benzene rings is 2. The van der Waals surface area contributed by atoms with Crippen LogP contribution in [0.4, 0.5) is 11.6 Å². The number of fused-ring (bicyclic) bond motifs is 1. The first-order chi connectivity index (χ1) is 12.7. The number of thioether (sulfide) groups is 1. The van der Waals surface area contributed by atoms with Crippen LogP contribution in [-0.4, -0.2) is 25.9 Å². The highest BCUT2D eigenvalue weighted by atomic mass is 32.2. The Morgan fingerprint density at radius 1 is 1.15 bits per heavy atom. The molecule has 7 nitrogen and oxygen atoms in total. The first-order valence-electron chi connectivity index (χ1n) is 7.95. The van der Waals surface area contributed by atoms with Crippen LogP contribution in [0.15, 0.2) is 65.8 Å². The van der Waals surface area contributed by atoms with Crippen molar-refractivity contribution in [3.8, 4) is 0 Å². The van der Waals surface area contributed by atoms with E-state index in [1.165, 1.54) is 23.9 Å². The molecule has 26 heavy (non-hydrogen) atoms. The number of non-ortho nitro benzene ring substituents is 1. The molecule has 1 N–H and O–H groups in total. The van der Waals surface area contributed by atoms with Crippen molar-refractivity contribution in [3.63, 3.8) is 0 Å². The van der Waals surface area contributed by atoms with Crippen molar-refractivity contribution < 1.29 is 4.92 Å². The van der Waals surface area contributed by atoms with Crippen molar-refractivity contribution in [2.24, 2.45) is 0 Å². The van der Waals surface area contributed by atoms with Crippen LogP contribution in [-0.2, 0) is 0 Å². The highest BCUT2D eigenvalue weighted by Crippen LogP contribution is 2.33. The van der Waals surface area contributed by atoms with Crippen LogP contribution in [0.5, 0.6) is 0 Å². The van der Waals surface area contributed by atoms with Crippen LogP contribution in [0.25, 0.3) is 5.70 Å². The van der Waals surface area contributed by atoms with E-state index in [9.17, 15) is 10.1 Å². The maximum absolute atomic E-state index is 10.9. The Labute approximate surface area is 153 Å². The second kappa shape index (κ2) is 6.64. The number of nitrogens with one attached hydrogen (secondary N) is 1. The van der Waals surface area contributed by atoms with Gasteiger partial charge in [0.1, 0.15) is 6.04 Å². The second-order valence-electron chi connectivity index (χ2n) is 5.73. The van der Waals surface area contributed by atoms with E-state index < -0.39 is 4.92 Å². The topological polar surface area (TPSA) is 85.9 Å². The van der Waals surface area contributed by atoms with E-state index in [0.29, 0.717) is 11.1 Å². The van der Waals surface area contributed by atoms with E-state index in [-0.39, 0.29) is 11.7 Å². The Bertz CT molecular complexity index is 983. The summed E-state index contributed by atoms with van der Waals surface area (Å²) in [6, 6.07) is 16.4. The normalized spacial score (nSPS) is 15.7. The lowest BCUT2D eigenvalue weighted by Crippen LogP contribution is -2.20. The van der Waals surface area contributed by atoms with Gasteiger partial charge in [-0.1, -0.05) is 42.1 Å². The first kappa shape index (κ1) is 16.3. The van der Waals surface area contributed by atoms with Crippen molar-refractivity contribution >= 4 is 29.1 Å². The molecule has 130 valence electrons. The number of nitro benzene ring substituents is 1. The Balaban J connectivity index is 1.78. The Morgan fingerprint density at radius 3 is 2.54 bits per heavy atom. The van der Waals surface area contributed by atoms with Crippen LogP contribution >= 0.6 is 11.8 Å². The highest BCUT2D eigenvalue weighted by molar-refractivity contribution is 7.98. The van der Waals surface area contributed by atoms with E-state index in [4.69, 9.17) is 0 Å². The molecule has 0 spiro atoms. The third-order valence-electron chi connectivity index (χ3n) is 4.16. The molecular formula is C18H15N5O2S. The highest BCUT2D eigenvalue weighted by Gasteiger charge is 2.25. The second-order valence-corrected chi connectivity index (χ2v) is 6.50. The first-order valence-corrected chi connectivity index (χ1v) is 9.17. The van der Waals surface area contributed by atoms with Gasteiger partial charge in [0.05, 0.1) is 4.92 Å². The van der Waals surface area contributed by atoms with Gasteiger partial charge >= 0.3 is 0 Å². The van der Waals surface area contributed by atoms with Crippen LogP contribution in [0, 0.1) is 10.1 Å². The lowest BCUT2D eigenvalue weighted by atomic mass is 10.0. The minimum Gasteiger partial charge on any atom is -0.324 e. The predicted octanol–water partition coefficient (Wildman–Crippen LogP) is 3.96. The molecule has 1 aromatic heterocycles. The van der Waals surface area contributed by atoms with E-state index in [1.807, 2.05) is 41.3 Å². The predicted molar refractivity (Wildman–Crippen MR) is 101 cm³/mol. The van der Waals surface area contributed by atoms with Gasteiger partial charge in [-0.15, -0.1) is 5.10 Å². The van der Waals surface area contributed by atoms with Crippen molar-refractivity contribution in [1.82, 2.24) is 14.8 Å². The lowest BCUT2D eigenvalue weighted by molar-refractivity contribution is -0.384. The maximum Gasteiger partial charge on any atom is 0.269 e. The quantitative estimate of drug-likeness (QED) is 0.428. The summed E-state index contributed by atoms with van der Waals surface area (Å²) in [5.74, 6) is 0.652. The number of aromatic nitrogens is 3. The third-order valence-corrected chi connectivity index (χ3v) is 4.70.